The molecule has 0 aromatic carbocycles. The fourth-order valence-corrected chi connectivity index (χ4v) is 4.76. The number of hydrogen-bond donors (Lipinski definition) is 1. The van der Waals surface area contributed by atoms with Gasteiger partial charge in [0.2, 0.25) is 0 Å². The molecule has 0 bridgehead atoms. The second kappa shape index (κ2) is 7.00. The number of hydrogen-bond acceptors (Lipinski definition) is 2. The van der Waals surface area contributed by atoms with Crippen molar-refractivity contribution >= 4 is 0 Å². The van der Waals surface area contributed by atoms with Crippen LogP contribution in [0.2, 0.25) is 0 Å². The Morgan fingerprint density at radius 2 is 1.62 bits per heavy atom. The van der Waals surface area contributed by atoms with Crippen molar-refractivity contribution in [3.63, 3.8) is 0 Å². The maximum absolute atomic E-state index is 3.87. The van der Waals surface area contributed by atoms with Gasteiger partial charge in [0.05, 0.1) is 0 Å². The maximum Gasteiger partial charge on any atom is 0.0223 e. The first-order valence-corrected chi connectivity index (χ1v) is 9.26. The summed E-state index contributed by atoms with van der Waals surface area (Å²) in [6.45, 7) is 15.8. The van der Waals surface area contributed by atoms with Crippen LogP contribution in [0.3, 0.4) is 0 Å². The summed E-state index contributed by atoms with van der Waals surface area (Å²) in [5, 5.41) is 3.87. The molecule has 2 fully saturated rings. The zero-order valence-electron chi connectivity index (χ0n) is 15.2. The van der Waals surface area contributed by atoms with Crippen LogP contribution in [-0.2, 0) is 0 Å². The van der Waals surface area contributed by atoms with E-state index in [2.05, 4.69) is 44.8 Å². The van der Waals surface area contributed by atoms with Crippen LogP contribution in [0.15, 0.2) is 0 Å². The van der Waals surface area contributed by atoms with E-state index in [1.807, 2.05) is 0 Å². The third kappa shape index (κ3) is 5.25. The minimum absolute atomic E-state index is 0.317. The number of rotatable bonds is 3. The fourth-order valence-electron chi connectivity index (χ4n) is 4.76. The van der Waals surface area contributed by atoms with E-state index in [0.29, 0.717) is 11.0 Å². The zero-order valence-corrected chi connectivity index (χ0v) is 15.2. The molecule has 1 atom stereocenters. The van der Waals surface area contributed by atoms with Gasteiger partial charge in [-0.2, -0.15) is 0 Å². The molecule has 2 rings (SSSR count). The van der Waals surface area contributed by atoms with Crippen molar-refractivity contribution in [2.75, 3.05) is 19.6 Å². The Kier molecular flexibility index (Phi) is 5.76. The summed E-state index contributed by atoms with van der Waals surface area (Å²) in [6.07, 6.45) is 9.84. The summed E-state index contributed by atoms with van der Waals surface area (Å²) in [5.41, 5.74) is 0.723. The molecular weight excluding hydrogens is 256 g/mol. The number of nitrogens with one attached hydrogen (secondary N) is 1. The summed E-state index contributed by atoms with van der Waals surface area (Å²) >= 11 is 0. The molecule has 1 saturated carbocycles. The molecule has 1 unspecified atom stereocenters. The molecule has 1 N–H and O–H groups in total. The van der Waals surface area contributed by atoms with Gasteiger partial charge in [-0.05, 0) is 64.0 Å². The van der Waals surface area contributed by atoms with Crippen LogP contribution in [0.25, 0.3) is 0 Å². The van der Waals surface area contributed by atoms with Crippen molar-refractivity contribution < 1.29 is 0 Å². The van der Waals surface area contributed by atoms with Gasteiger partial charge in [-0.1, -0.05) is 40.0 Å². The Hall–Kier alpha value is -0.0800. The van der Waals surface area contributed by atoms with E-state index in [4.69, 9.17) is 0 Å². The van der Waals surface area contributed by atoms with Crippen LogP contribution in [0.1, 0.15) is 79.6 Å². The van der Waals surface area contributed by atoms with E-state index in [-0.39, 0.29) is 0 Å². The van der Waals surface area contributed by atoms with E-state index < -0.39 is 0 Å². The van der Waals surface area contributed by atoms with E-state index in [1.165, 1.54) is 64.6 Å². The smallest absolute Gasteiger partial charge is 0.0223 e. The summed E-state index contributed by atoms with van der Waals surface area (Å²) in [6, 6.07) is 0.729. The van der Waals surface area contributed by atoms with Crippen molar-refractivity contribution in [1.29, 1.82) is 0 Å². The minimum Gasteiger partial charge on any atom is -0.312 e. The van der Waals surface area contributed by atoms with Crippen LogP contribution >= 0.6 is 0 Å². The van der Waals surface area contributed by atoms with Crippen molar-refractivity contribution in [1.82, 2.24) is 10.2 Å². The number of nitrogens with zero attached hydrogens (tertiary/aromatic N) is 1. The van der Waals surface area contributed by atoms with Crippen LogP contribution in [0.5, 0.6) is 0 Å². The van der Waals surface area contributed by atoms with Crippen molar-refractivity contribution in [3.05, 3.63) is 0 Å². The molecule has 0 amide bonds. The normalized spacial score (nSPS) is 27.6. The first kappa shape index (κ1) is 17.3. The van der Waals surface area contributed by atoms with Crippen LogP contribution in [0.4, 0.5) is 0 Å². The fraction of sp³-hybridized carbons (Fsp3) is 1.00. The molecule has 2 aliphatic rings. The molecule has 124 valence electrons. The molecule has 21 heavy (non-hydrogen) atoms. The molecule has 0 aromatic rings. The lowest BCUT2D eigenvalue weighted by Gasteiger charge is -2.44. The molecule has 1 aliphatic heterocycles. The second-order valence-corrected chi connectivity index (χ2v) is 9.31. The highest BCUT2D eigenvalue weighted by Crippen LogP contribution is 2.34. The summed E-state index contributed by atoms with van der Waals surface area (Å²) in [5.74, 6) is 0.921. The Morgan fingerprint density at radius 1 is 0.952 bits per heavy atom. The Morgan fingerprint density at radius 3 is 2.24 bits per heavy atom. The van der Waals surface area contributed by atoms with Crippen molar-refractivity contribution in [3.8, 4) is 0 Å². The van der Waals surface area contributed by atoms with E-state index in [9.17, 15) is 0 Å². The minimum atomic E-state index is 0.317. The predicted molar refractivity (Wildman–Crippen MR) is 92.7 cm³/mol. The van der Waals surface area contributed by atoms with Gasteiger partial charge in [-0.25, -0.2) is 0 Å². The molecule has 2 heteroatoms. The van der Waals surface area contributed by atoms with Gasteiger partial charge in [-0.15, -0.1) is 0 Å². The van der Waals surface area contributed by atoms with Gasteiger partial charge >= 0.3 is 0 Å². The van der Waals surface area contributed by atoms with E-state index >= 15 is 0 Å². The van der Waals surface area contributed by atoms with Crippen LogP contribution < -0.4 is 5.32 Å². The Balaban J connectivity index is 2.01. The topological polar surface area (TPSA) is 15.3 Å². The molecule has 1 aliphatic carbocycles. The monoisotopic (exact) mass is 294 g/mol. The zero-order chi connectivity index (χ0) is 15.5. The predicted octanol–water partition coefficient (Wildman–Crippen LogP) is 4.45. The lowest BCUT2D eigenvalue weighted by atomic mass is 9.79. The molecule has 0 spiro atoms. The van der Waals surface area contributed by atoms with Crippen LogP contribution in [0, 0.1) is 11.3 Å². The SMILES string of the molecule is CC(C)(C)CC(C)(C)N1CCCNC(C2CCCCC2)C1. The van der Waals surface area contributed by atoms with E-state index in [1.54, 1.807) is 0 Å². The summed E-state index contributed by atoms with van der Waals surface area (Å²) in [4.78, 5) is 2.79. The Bertz CT molecular complexity index is 310. The van der Waals surface area contributed by atoms with Gasteiger partial charge < -0.3 is 5.32 Å². The molecular formula is C19H38N2. The average molecular weight is 295 g/mol. The molecule has 1 heterocycles. The van der Waals surface area contributed by atoms with E-state index in [0.717, 1.165) is 12.0 Å². The van der Waals surface area contributed by atoms with Gasteiger partial charge in [0, 0.05) is 18.1 Å². The summed E-state index contributed by atoms with van der Waals surface area (Å²) < 4.78 is 0. The highest BCUT2D eigenvalue weighted by Gasteiger charge is 2.35. The van der Waals surface area contributed by atoms with Crippen molar-refractivity contribution in [2.24, 2.45) is 11.3 Å². The van der Waals surface area contributed by atoms with Crippen LogP contribution in [-0.4, -0.2) is 36.1 Å². The highest BCUT2D eigenvalue weighted by atomic mass is 15.2. The highest BCUT2D eigenvalue weighted by molar-refractivity contribution is 4.92. The third-order valence-corrected chi connectivity index (χ3v) is 5.47. The van der Waals surface area contributed by atoms with Gasteiger partial charge in [0.1, 0.15) is 0 Å². The molecule has 2 nitrogen and oxygen atoms in total. The molecule has 1 saturated heterocycles. The average Bonchev–Trinajstić information content (AvgIpc) is 2.63. The standard InChI is InChI=1S/C19H38N2/c1-18(2,3)15-19(4,5)21-13-9-12-20-17(14-21)16-10-7-6-8-11-16/h16-17,20H,6-15H2,1-5H3. The first-order valence-electron chi connectivity index (χ1n) is 9.26. The summed E-state index contributed by atoms with van der Waals surface area (Å²) in [7, 11) is 0. The molecule has 0 aromatic heterocycles. The lowest BCUT2D eigenvalue weighted by Crippen LogP contribution is -2.52. The van der Waals surface area contributed by atoms with Gasteiger partial charge in [-0.3, -0.25) is 4.90 Å². The lowest BCUT2D eigenvalue weighted by molar-refractivity contribution is 0.0660. The Labute approximate surface area is 133 Å². The second-order valence-electron chi connectivity index (χ2n) is 9.31. The third-order valence-electron chi connectivity index (χ3n) is 5.47. The largest absolute Gasteiger partial charge is 0.312 e. The maximum atomic E-state index is 3.87. The van der Waals surface area contributed by atoms with Gasteiger partial charge in [0.15, 0.2) is 0 Å². The first-order chi connectivity index (χ1) is 9.78. The quantitative estimate of drug-likeness (QED) is 0.827. The molecule has 0 radical (unpaired) electrons. The van der Waals surface area contributed by atoms with Gasteiger partial charge in [0.25, 0.3) is 0 Å². The van der Waals surface area contributed by atoms with Crippen molar-refractivity contribution in [2.45, 2.75) is 91.1 Å².